The molecule has 0 saturated carbocycles. The molecule has 8 heteroatoms. The molecule has 0 bridgehead atoms. The molecule has 4 rings (SSSR count). The summed E-state index contributed by atoms with van der Waals surface area (Å²) >= 11 is 0. The van der Waals surface area contributed by atoms with Crippen molar-refractivity contribution in [1.29, 1.82) is 0 Å². The molecule has 1 aliphatic heterocycles. The fourth-order valence-electron chi connectivity index (χ4n) is 2.06. The van der Waals surface area contributed by atoms with Crippen molar-refractivity contribution in [3.05, 3.63) is 47.2 Å². The summed E-state index contributed by atoms with van der Waals surface area (Å²) in [6, 6.07) is 5.93. The van der Waals surface area contributed by atoms with Crippen LogP contribution in [0.1, 0.15) is 12.0 Å². The minimum atomic E-state index is -0.917. The van der Waals surface area contributed by atoms with E-state index in [0.29, 0.717) is 23.4 Å². The van der Waals surface area contributed by atoms with E-state index in [4.69, 9.17) is 5.11 Å². The SMILES string of the molecule is Cc1cccc2n[nH]nc12.O=C(O)C1=CC=C2N=NN=C2C1. The Bertz CT molecular complexity index is 859. The van der Waals surface area contributed by atoms with Crippen LogP contribution >= 0.6 is 0 Å². The van der Waals surface area contributed by atoms with Gasteiger partial charge in [-0.3, -0.25) is 0 Å². The van der Waals surface area contributed by atoms with Crippen LogP contribution in [-0.2, 0) is 4.79 Å². The molecule has 2 N–H and O–H groups in total. The number of aromatic amines is 1. The molecular formula is C14H12N6O2. The van der Waals surface area contributed by atoms with Gasteiger partial charge in [0.1, 0.15) is 16.7 Å². The van der Waals surface area contributed by atoms with Gasteiger partial charge in [-0.25, -0.2) is 4.79 Å². The van der Waals surface area contributed by atoms with Gasteiger partial charge in [-0.15, -0.1) is 10.2 Å². The summed E-state index contributed by atoms with van der Waals surface area (Å²) in [6.45, 7) is 2.02. The number of aromatic nitrogens is 3. The van der Waals surface area contributed by atoms with Crippen LogP contribution in [-0.4, -0.2) is 32.2 Å². The number of H-pyrrole nitrogens is 1. The van der Waals surface area contributed by atoms with Crippen LogP contribution in [0.25, 0.3) is 11.0 Å². The average Bonchev–Trinajstić information content (AvgIpc) is 3.16. The largest absolute Gasteiger partial charge is 0.478 e. The first-order chi connectivity index (χ1) is 10.6. The quantitative estimate of drug-likeness (QED) is 0.840. The Morgan fingerprint density at radius 3 is 2.91 bits per heavy atom. The van der Waals surface area contributed by atoms with Crippen LogP contribution in [0.4, 0.5) is 0 Å². The van der Waals surface area contributed by atoms with Crippen LogP contribution in [0, 0.1) is 6.92 Å². The maximum Gasteiger partial charge on any atom is 0.331 e. The molecular weight excluding hydrogens is 284 g/mol. The number of aliphatic carboxylic acids is 1. The van der Waals surface area contributed by atoms with Gasteiger partial charge in [-0.1, -0.05) is 12.1 Å². The third-order valence-electron chi connectivity index (χ3n) is 3.24. The molecule has 110 valence electrons. The van der Waals surface area contributed by atoms with Crippen LogP contribution in [0.15, 0.2) is 57.1 Å². The lowest BCUT2D eigenvalue weighted by Crippen LogP contribution is -2.10. The van der Waals surface area contributed by atoms with E-state index >= 15 is 0 Å². The highest BCUT2D eigenvalue weighted by Gasteiger charge is 2.20. The van der Waals surface area contributed by atoms with E-state index in [1.807, 2.05) is 25.1 Å². The average molecular weight is 296 g/mol. The maximum absolute atomic E-state index is 10.5. The number of fused-ring (bicyclic) bond motifs is 2. The van der Waals surface area contributed by atoms with Crippen molar-refractivity contribution in [2.45, 2.75) is 13.3 Å². The molecule has 8 nitrogen and oxygen atoms in total. The molecule has 1 aromatic carbocycles. The number of nitrogens with one attached hydrogen (secondary N) is 1. The molecule has 1 aromatic heterocycles. The summed E-state index contributed by atoms with van der Waals surface area (Å²) < 4.78 is 0. The van der Waals surface area contributed by atoms with E-state index in [1.165, 1.54) is 6.08 Å². The second-order valence-corrected chi connectivity index (χ2v) is 4.73. The van der Waals surface area contributed by atoms with E-state index in [-0.39, 0.29) is 0 Å². The van der Waals surface area contributed by atoms with Gasteiger partial charge < -0.3 is 5.11 Å². The number of nitrogens with zero attached hydrogens (tertiary/aromatic N) is 5. The van der Waals surface area contributed by atoms with Crippen molar-refractivity contribution in [3.8, 4) is 0 Å². The highest BCUT2D eigenvalue weighted by atomic mass is 16.4. The van der Waals surface area contributed by atoms with Gasteiger partial charge in [-0.2, -0.15) is 15.4 Å². The second-order valence-electron chi connectivity index (χ2n) is 4.73. The van der Waals surface area contributed by atoms with Crippen molar-refractivity contribution in [3.63, 3.8) is 0 Å². The van der Waals surface area contributed by atoms with E-state index in [9.17, 15) is 4.79 Å². The molecule has 2 aliphatic rings. The van der Waals surface area contributed by atoms with Crippen LogP contribution in [0.3, 0.4) is 0 Å². The van der Waals surface area contributed by atoms with Crippen LogP contribution < -0.4 is 0 Å². The fraction of sp³-hybridized carbons (Fsp3) is 0.143. The summed E-state index contributed by atoms with van der Waals surface area (Å²) in [6.07, 6.45) is 3.46. The summed E-state index contributed by atoms with van der Waals surface area (Å²) in [5.74, 6) is -0.917. The van der Waals surface area contributed by atoms with Gasteiger partial charge >= 0.3 is 5.97 Å². The summed E-state index contributed by atoms with van der Waals surface area (Å²) in [5.41, 5.74) is 4.67. The molecule has 0 amide bonds. The van der Waals surface area contributed by atoms with Gasteiger partial charge in [0.05, 0.1) is 5.71 Å². The Hall–Kier alpha value is -3.16. The van der Waals surface area contributed by atoms with Crippen LogP contribution in [0.2, 0.25) is 0 Å². The van der Waals surface area contributed by atoms with Crippen LogP contribution in [0.5, 0.6) is 0 Å². The van der Waals surface area contributed by atoms with Gasteiger partial charge in [0, 0.05) is 12.0 Å². The molecule has 2 aromatic rings. The monoisotopic (exact) mass is 296 g/mol. The lowest BCUT2D eigenvalue weighted by atomic mass is 10.0. The molecule has 0 fully saturated rings. The summed E-state index contributed by atoms with van der Waals surface area (Å²) in [5, 5.41) is 30.0. The second kappa shape index (κ2) is 5.68. The zero-order valence-electron chi connectivity index (χ0n) is 11.7. The van der Waals surface area contributed by atoms with Gasteiger partial charge in [0.15, 0.2) is 0 Å². The number of aryl methyl sites for hydroxylation is 1. The van der Waals surface area contributed by atoms with E-state index in [0.717, 1.165) is 16.6 Å². The number of rotatable bonds is 1. The van der Waals surface area contributed by atoms with Crippen molar-refractivity contribution in [2.24, 2.45) is 15.4 Å². The zero-order chi connectivity index (χ0) is 15.5. The number of benzene rings is 1. The maximum atomic E-state index is 10.5. The minimum Gasteiger partial charge on any atom is -0.478 e. The Morgan fingerprint density at radius 2 is 2.14 bits per heavy atom. The minimum absolute atomic E-state index is 0.314. The van der Waals surface area contributed by atoms with Crippen molar-refractivity contribution < 1.29 is 9.90 Å². The molecule has 22 heavy (non-hydrogen) atoms. The Labute approximate surface area is 125 Å². The molecule has 0 saturated heterocycles. The number of para-hydroxylation sites is 1. The fourth-order valence-corrected chi connectivity index (χ4v) is 2.06. The molecule has 0 unspecified atom stereocenters. The first-order valence-corrected chi connectivity index (χ1v) is 6.53. The Kier molecular flexibility index (Phi) is 3.57. The number of allylic oxidation sites excluding steroid dienone is 3. The lowest BCUT2D eigenvalue weighted by Gasteiger charge is -2.05. The highest BCUT2D eigenvalue weighted by molar-refractivity contribution is 6.08. The van der Waals surface area contributed by atoms with E-state index < -0.39 is 5.97 Å². The predicted octanol–water partition coefficient (Wildman–Crippen LogP) is 2.37. The molecule has 1 aliphatic carbocycles. The number of carboxylic acids is 1. The zero-order valence-corrected chi connectivity index (χ0v) is 11.7. The first kappa shape index (κ1) is 13.8. The third kappa shape index (κ3) is 2.66. The van der Waals surface area contributed by atoms with Gasteiger partial charge in [0.2, 0.25) is 0 Å². The van der Waals surface area contributed by atoms with Gasteiger partial charge in [0.25, 0.3) is 0 Å². The lowest BCUT2D eigenvalue weighted by molar-refractivity contribution is -0.132. The Balaban J connectivity index is 0.000000133. The number of carboxylic acid groups (broad SMARTS) is 1. The molecule has 2 heterocycles. The third-order valence-corrected chi connectivity index (χ3v) is 3.24. The number of carbonyl (C=O) groups is 1. The van der Waals surface area contributed by atoms with Crippen molar-refractivity contribution in [1.82, 2.24) is 15.4 Å². The smallest absolute Gasteiger partial charge is 0.331 e. The highest BCUT2D eigenvalue weighted by Crippen LogP contribution is 2.21. The summed E-state index contributed by atoms with van der Waals surface area (Å²) in [7, 11) is 0. The Morgan fingerprint density at radius 1 is 1.27 bits per heavy atom. The standard InChI is InChI=1S/C7H5N3O2.C7H7N3/c11-7(12)4-1-2-5-6(3-4)9-10-8-5;1-5-3-2-4-6-7(5)9-10-8-6/h1-2H,3H2,(H,11,12);2-4H,1H3,(H,8,9,10). The van der Waals surface area contributed by atoms with Crippen molar-refractivity contribution >= 4 is 22.7 Å². The first-order valence-electron chi connectivity index (χ1n) is 6.53. The number of hydrogen-bond acceptors (Lipinski definition) is 6. The van der Waals surface area contributed by atoms with Gasteiger partial charge in [-0.05, 0) is 35.9 Å². The van der Waals surface area contributed by atoms with E-state index in [1.54, 1.807) is 6.08 Å². The summed E-state index contributed by atoms with van der Waals surface area (Å²) in [4.78, 5) is 10.5. The normalized spacial score (nSPS) is 15.4. The predicted molar refractivity (Wildman–Crippen MR) is 79.3 cm³/mol. The molecule has 0 atom stereocenters. The van der Waals surface area contributed by atoms with E-state index in [2.05, 4.69) is 30.8 Å². The molecule has 0 spiro atoms. The number of hydrogen-bond donors (Lipinski definition) is 2. The van der Waals surface area contributed by atoms with Crippen molar-refractivity contribution in [2.75, 3.05) is 0 Å². The topological polar surface area (TPSA) is 116 Å². The molecule has 0 radical (unpaired) electrons.